The van der Waals surface area contributed by atoms with Crippen LogP contribution in [-0.4, -0.2) is 11.0 Å². The molecular formula is C18H12F6N2OS. The first-order chi connectivity index (χ1) is 12.9. The molecule has 28 heavy (non-hydrogen) atoms. The Morgan fingerprint density at radius 3 is 1.93 bits per heavy atom. The minimum absolute atomic E-state index is 0.00456. The number of alkyl halides is 6. The molecule has 0 atom stereocenters. The Balaban J connectivity index is 2.12. The van der Waals surface area contributed by atoms with Crippen molar-refractivity contribution < 1.29 is 31.1 Å². The molecule has 0 heterocycles. The quantitative estimate of drug-likeness (QED) is 0.406. The first kappa shape index (κ1) is 21.4. The molecule has 2 N–H and O–H groups in total. The Bertz CT molecular complexity index is 859. The van der Waals surface area contributed by atoms with Gasteiger partial charge < -0.3 is 5.32 Å². The fraction of sp³-hybridized carbons (Fsp3) is 0.111. The molecule has 0 fully saturated rings. The van der Waals surface area contributed by atoms with Gasteiger partial charge in [0.15, 0.2) is 5.11 Å². The molecule has 3 nitrogen and oxygen atoms in total. The predicted molar refractivity (Wildman–Crippen MR) is 96.3 cm³/mol. The Hall–Kier alpha value is -2.88. The molecule has 0 bridgehead atoms. The summed E-state index contributed by atoms with van der Waals surface area (Å²) in [6.07, 6.45) is -7.39. The summed E-state index contributed by atoms with van der Waals surface area (Å²) in [5.41, 5.74) is -2.84. The normalized spacial score (nSPS) is 12.1. The average molecular weight is 418 g/mol. The number of halogens is 6. The van der Waals surface area contributed by atoms with Gasteiger partial charge in [0.2, 0.25) is 5.91 Å². The summed E-state index contributed by atoms with van der Waals surface area (Å²) >= 11 is 4.78. The standard InChI is InChI=1S/C18H12F6N2OS/c19-17(20,21)12-8-13(18(22,23)24)10-14(9-12)25-16(28)26-15(27)7-6-11-4-2-1-3-5-11/h1-10H,(H2,25,26,27,28)/b7-6+. The number of carbonyl (C=O) groups is 1. The second kappa shape index (κ2) is 8.42. The maximum absolute atomic E-state index is 12.8. The van der Waals surface area contributed by atoms with Crippen molar-refractivity contribution >= 4 is 35.0 Å². The van der Waals surface area contributed by atoms with Gasteiger partial charge in [0.25, 0.3) is 0 Å². The van der Waals surface area contributed by atoms with Gasteiger partial charge in [0, 0.05) is 11.8 Å². The summed E-state index contributed by atoms with van der Waals surface area (Å²) in [6.45, 7) is 0. The largest absolute Gasteiger partial charge is 0.416 e. The van der Waals surface area contributed by atoms with E-state index in [-0.39, 0.29) is 6.07 Å². The molecule has 0 saturated heterocycles. The smallest absolute Gasteiger partial charge is 0.332 e. The van der Waals surface area contributed by atoms with Gasteiger partial charge in [0.1, 0.15) is 0 Å². The second-order valence-electron chi connectivity index (χ2n) is 5.48. The minimum atomic E-state index is -4.99. The zero-order chi connectivity index (χ0) is 20.9. The summed E-state index contributed by atoms with van der Waals surface area (Å²) in [5.74, 6) is -0.704. The molecule has 2 aromatic rings. The molecule has 0 aromatic heterocycles. The van der Waals surface area contributed by atoms with E-state index in [0.717, 1.165) is 6.08 Å². The zero-order valence-electron chi connectivity index (χ0n) is 13.9. The number of hydrogen-bond donors (Lipinski definition) is 2. The molecule has 2 aromatic carbocycles. The zero-order valence-corrected chi connectivity index (χ0v) is 14.7. The van der Waals surface area contributed by atoms with Crippen LogP contribution >= 0.6 is 12.2 Å². The third kappa shape index (κ3) is 6.38. The lowest BCUT2D eigenvalue weighted by Gasteiger charge is -2.15. The predicted octanol–water partition coefficient (Wildman–Crippen LogP) is 5.25. The summed E-state index contributed by atoms with van der Waals surface area (Å²) in [7, 11) is 0. The van der Waals surface area contributed by atoms with Crippen molar-refractivity contribution in [3.8, 4) is 0 Å². The van der Waals surface area contributed by atoms with E-state index in [0.29, 0.717) is 17.7 Å². The molecule has 2 rings (SSSR count). The van der Waals surface area contributed by atoms with Crippen LogP contribution in [0, 0.1) is 0 Å². The average Bonchev–Trinajstić information content (AvgIpc) is 2.59. The molecule has 0 aliphatic rings. The van der Waals surface area contributed by atoms with Crippen LogP contribution in [0.5, 0.6) is 0 Å². The number of amides is 1. The Morgan fingerprint density at radius 2 is 1.43 bits per heavy atom. The molecular weight excluding hydrogens is 406 g/mol. The van der Waals surface area contributed by atoms with E-state index in [1.54, 1.807) is 30.3 Å². The topological polar surface area (TPSA) is 41.1 Å². The highest BCUT2D eigenvalue weighted by atomic mass is 32.1. The fourth-order valence-electron chi connectivity index (χ4n) is 2.08. The Kier molecular flexibility index (Phi) is 6.45. The SMILES string of the molecule is O=C(/C=C/c1ccccc1)NC(=S)Nc1cc(C(F)(F)F)cc(C(F)(F)F)c1. The summed E-state index contributed by atoms with van der Waals surface area (Å²) in [5, 5.41) is 3.86. The van der Waals surface area contributed by atoms with Crippen molar-refractivity contribution in [2.45, 2.75) is 12.4 Å². The van der Waals surface area contributed by atoms with E-state index in [1.807, 2.05) is 0 Å². The van der Waals surface area contributed by atoms with E-state index in [4.69, 9.17) is 12.2 Å². The van der Waals surface area contributed by atoms with Gasteiger partial charge >= 0.3 is 12.4 Å². The number of anilines is 1. The molecule has 10 heteroatoms. The van der Waals surface area contributed by atoms with E-state index in [1.165, 1.54) is 6.08 Å². The molecule has 0 spiro atoms. The Labute approximate surface area is 161 Å². The van der Waals surface area contributed by atoms with E-state index in [9.17, 15) is 31.1 Å². The first-order valence-electron chi connectivity index (χ1n) is 7.60. The van der Waals surface area contributed by atoms with Crippen LogP contribution in [0.15, 0.2) is 54.6 Å². The molecule has 1 amide bonds. The van der Waals surface area contributed by atoms with Crippen molar-refractivity contribution in [3.63, 3.8) is 0 Å². The molecule has 148 valence electrons. The summed E-state index contributed by atoms with van der Waals surface area (Å²) in [6, 6.07) is 9.64. The van der Waals surface area contributed by atoms with Crippen LogP contribution < -0.4 is 10.6 Å². The van der Waals surface area contributed by atoms with Gasteiger partial charge in [-0.2, -0.15) is 26.3 Å². The molecule has 0 aliphatic carbocycles. The molecule has 0 unspecified atom stereocenters. The second-order valence-corrected chi connectivity index (χ2v) is 5.89. The van der Waals surface area contributed by atoms with Gasteiger partial charge in [-0.3, -0.25) is 10.1 Å². The minimum Gasteiger partial charge on any atom is -0.332 e. The highest BCUT2D eigenvalue weighted by Crippen LogP contribution is 2.37. The monoisotopic (exact) mass is 418 g/mol. The van der Waals surface area contributed by atoms with Gasteiger partial charge in [-0.25, -0.2) is 0 Å². The molecule has 0 saturated carbocycles. The number of hydrogen-bond acceptors (Lipinski definition) is 2. The van der Waals surface area contributed by atoms with Crippen molar-refractivity contribution in [3.05, 3.63) is 71.3 Å². The Morgan fingerprint density at radius 1 is 0.893 bits per heavy atom. The fourth-order valence-corrected chi connectivity index (χ4v) is 2.30. The number of rotatable bonds is 3. The lowest BCUT2D eigenvalue weighted by molar-refractivity contribution is -0.143. The number of carbonyl (C=O) groups excluding carboxylic acids is 1. The van der Waals surface area contributed by atoms with Crippen molar-refractivity contribution in [1.82, 2.24) is 5.32 Å². The highest BCUT2D eigenvalue weighted by Gasteiger charge is 2.37. The van der Waals surface area contributed by atoms with Crippen molar-refractivity contribution in [1.29, 1.82) is 0 Å². The van der Waals surface area contributed by atoms with Crippen LogP contribution in [0.1, 0.15) is 16.7 Å². The number of thiocarbonyl (C=S) groups is 1. The van der Waals surface area contributed by atoms with Crippen LogP contribution in [0.25, 0.3) is 6.08 Å². The highest BCUT2D eigenvalue weighted by molar-refractivity contribution is 7.80. The van der Waals surface area contributed by atoms with Gasteiger partial charge in [-0.15, -0.1) is 0 Å². The van der Waals surface area contributed by atoms with Crippen LogP contribution in [0.4, 0.5) is 32.0 Å². The third-order valence-corrected chi connectivity index (χ3v) is 3.51. The van der Waals surface area contributed by atoms with Crippen molar-refractivity contribution in [2.75, 3.05) is 5.32 Å². The van der Waals surface area contributed by atoms with Crippen LogP contribution in [0.3, 0.4) is 0 Å². The number of nitrogens with one attached hydrogen (secondary N) is 2. The van der Waals surface area contributed by atoms with Gasteiger partial charge in [0.05, 0.1) is 11.1 Å². The lowest BCUT2D eigenvalue weighted by Crippen LogP contribution is -2.33. The maximum atomic E-state index is 12.8. The van der Waals surface area contributed by atoms with E-state index in [2.05, 4.69) is 10.6 Å². The third-order valence-electron chi connectivity index (χ3n) is 3.31. The van der Waals surface area contributed by atoms with E-state index < -0.39 is 40.2 Å². The molecule has 0 radical (unpaired) electrons. The maximum Gasteiger partial charge on any atom is 0.416 e. The van der Waals surface area contributed by atoms with Crippen LogP contribution in [-0.2, 0) is 17.1 Å². The van der Waals surface area contributed by atoms with Gasteiger partial charge in [-0.1, -0.05) is 30.3 Å². The first-order valence-corrected chi connectivity index (χ1v) is 8.00. The number of benzene rings is 2. The lowest BCUT2D eigenvalue weighted by atomic mass is 10.1. The van der Waals surface area contributed by atoms with Gasteiger partial charge in [-0.05, 0) is 42.1 Å². The van der Waals surface area contributed by atoms with E-state index >= 15 is 0 Å². The molecule has 0 aliphatic heterocycles. The van der Waals surface area contributed by atoms with Crippen LogP contribution in [0.2, 0.25) is 0 Å². The van der Waals surface area contributed by atoms with Crippen molar-refractivity contribution in [2.24, 2.45) is 0 Å². The summed E-state index contributed by atoms with van der Waals surface area (Å²) in [4.78, 5) is 11.8. The summed E-state index contributed by atoms with van der Waals surface area (Å²) < 4.78 is 77.0.